The van der Waals surface area contributed by atoms with E-state index in [0.717, 1.165) is 55.6 Å². The number of primary amides is 1. The Morgan fingerprint density at radius 1 is 1.13 bits per heavy atom. The Morgan fingerprint density at radius 3 is 2.52 bits per heavy atom. The van der Waals surface area contributed by atoms with Crippen LogP contribution in [0, 0.1) is 13.8 Å². The van der Waals surface area contributed by atoms with Gasteiger partial charge in [0, 0.05) is 25.3 Å². The third-order valence-corrected chi connectivity index (χ3v) is 5.70. The number of nitrogens with zero attached hydrogens (tertiary/aromatic N) is 3. The molecule has 168 valence electrons. The number of carbonyl (C=O) groups excluding carboxylic acids is 3. The van der Waals surface area contributed by atoms with Crippen LogP contribution in [0.15, 0.2) is 23.2 Å². The molecule has 0 unspecified atom stereocenters. The van der Waals surface area contributed by atoms with Crippen LogP contribution in [0.3, 0.4) is 0 Å². The maximum atomic E-state index is 13.2. The summed E-state index contributed by atoms with van der Waals surface area (Å²) in [6.45, 7) is 6.07. The van der Waals surface area contributed by atoms with Gasteiger partial charge in [0.1, 0.15) is 6.04 Å². The van der Waals surface area contributed by atoms with Gasteiger partial charge in [0.25, 0.3) is 0 Å². The minimum absolute atomic E-state index is 0.0145. The zero-order valence-electron chi connectivity index (χ0n) is 18.3. The van der Waals surface area contributed by atoms with Crippen LogP contribution in [0.2, 0.25) is 0 Å². The predicted molar refractivity (Wildman–Crippen MR) is 120 cm³/mol. The van der Waals surface area contributed by atoms with Crippen LogP contribution in [-0.2, 0) is 9.59 Å². The number of aliphatic imine (C=N–C) groups is 1. The van der Waals surface area contributed by atoms with Gasteiger partial charge in [-0.3, -0.25) is 14.9 Å². The van der Waals surface area contributed by atoms with Gasteiger partial charge in [-0.1, -0.05) is 17.7 Å². The Morgan fingerprint density at radius 2 is 1.84 bits per heavy atom. The molecule has 3 rings (SSSR count). The molecule has 9 nitrogen and oxygen atoms in total. The number of guanidine groups is 1. The molecule has 2 aliphatic rings. The SMILES string of the molecule is Cc1ccc(NC(=N[C@H]2CCCCN(CC(=O)N3CCCC3)C2=O)NC(N)=O)c(C)c1. The number of aryl methyl sites for hydroxylation is 2. The number of nitrogens with two attached hydrogens (primary N) is 1. The molecule has 4 N–H and O–H groups in total. The summed E-state index contributed by atoms with van der Waals surface area (Å²) in [5.74, 6) is -0.0823. The minimum Gasteiger partial charge on any atom is -0.351 e. The van der Waals surface area contributed by atoms with Crippen LogP contribution in [0.1, 0.15) is 43.2 Å². The normalized spacial score (nSPS) is 19.9. The number of likely N-dealkylation sites (tertiary alicyclic amines) is 2. The Bertz CT molecular complexity index is 863. The van der Waals surface area contributed by atoms with Crippen molar-refractivity contribution in [1.29, 1.82) is 0 Å². The van der Waals surface area contributed by atoms with Gasteiger partial charge in [0.2, 0.25) is 17.8 Å². The number of urea groups is 1. The molecular formula is C22H32N6O3. The first-order chi connectivity index (χ1) is 14.8. The summed E-state index contributed by atoms with van der Waals surface area (Å²) in [6.07, 6.45) is 4.19. The number of amides is 4. The van der Waals surface area contributed by atoms with E-state index in [9.17, 15) is 14.4 Å². The minimum atomic E-state index is -0.766. The van der Waals surface area contributed by atoms with Crippen molar-refractivity contribution in [2.75, 3.05) is 31.5 Å². The molecule has 2 fully saturated rings. The van der Waals surface area contributed by atoms with E-state index >= 15 is 0 Å². The highest BCUT2D eigenvalue weighted by Crippen LogP contribution is 2.19. The second kappa shape index (κ2) is 10.3. The van der Waals surface area contributed by atoms with E-state index in [1.165, 1.54) is 0 Å². The number of benzene rings is 1. The molecule has 2 saturated heterocycles. The molecule has 4 amide bonds. The molecule has 0 aliphatic carbocycles. The monoisotopic (exact) mass is 428 g/mol. The second-order valence-electron chi connectivity index (χ2n) is 8.27. The molecule has 0 spiro atoms. The first kappa shape index (κ1) is 22.6. The van der Waals surface area contributed by atoms with Gasteiger partial charge in [-0.15, -0.1) is 0 Å². The predicted octanol–water partition coefficient (Wildman–Crippen LogP) is 1.74. The molecular weight excluding hydrogens is 396 g/mol. The van der Waals surface area contributed by atoms with Gasteiger partial charge in [-0.05, 0) is 57.6 Å². The van der Waals surface area contributed by atoms with E-state index in [0.29, 0.717) is 13.0 Å². The average molecular weight is 429 g/mol. The van der Waals surface area contributed by atoms with Crippen molar-refractivity contribution in [3.8, 4) is 0 Å². The quantitative estimate of drug-likeness (QED) is 0.500. The fraction of sp³-hybridized carbons (Fsp3) is 0.545. The molecule has 0 saturated carbocycles. The van der Waals surface area contributed by atoms with Gasteiger partial charge < -0.3 is 20.9 Å². The lowest BCUT2D eigenvalue weighted by Crippen LogP contribution is -2.46. The lowest BCUT2D eigenvalue weighted by atomic mass is 10.1. The van der Waals surface area contributed by atoms with E-state index in [-0.39, 0.29) is 24.3 Å². The largest absolute Gasteiger partial charge is 0.351 e. The van der Waals surface area contributed by atoms with Crippen molar-refractivity contribution in [2.24, 2.45) is 10.7 Å². The molecule has 1 aromatic carbocycles. The van der Waals surface area contributed by atoms with Crippen molar-refractivity contribution in [3.05, 3.63) is 29.3 Å². The van der Waals surface area contributed by atoms with Crippen molar-refractivity contribution >= 4 is 29.5 Å². The summed E-state index contributed by atoms with van der Waals surface area (Å²) < 4.78 is 0. The summed E-state index contributed by atoms with van der Waals surface area (Å²) >= 11 is 0. The van der Waals surface area contributed by atoms with Crippen LogP contribution >= 0.6 is 0 Å². The number of rotatable bonds is 4. The zero-order valence-corrected chi connectivity index (χ0v) is 18.3. The number of nitrogens with one attached hydrogen (secondary N) is 2. The van der Waals surface area contributed by atoms with Gasteiger partial charge in [0.05, 0.1) is 6.54 Å². The number of carbonyl (C=O) groups is 3. The maximum absolute atomic E-state index is 13.2. The van der Waals surface area contributed by atoms with Crippen molar-refractivity contribution in [3.63, 3.8) is 0 Å². The second-order valence-corrected chi connectivity index (χ2v) is 8.27. The number of hydrogen-bond donors (Lipinski definition) is 3. The molecule has 1 aromatic rings. The van der Waals surface area contributed by atoms with E-state index in [1.54, 1.807) is 4.90 Å². The first-order valence-electron chi connectivity index (χ1n) is 10.9. The molecule has 0 radical (unpaired) electrons. The summed E-state index contributed by atoms with van der Waals surface area (Å²) in [5, 5.41) is 5.58. The van der Waals surface area contributed by atoms with E-state index in [2.05, 4.69) is 15.6 Å². The summed E-state index contributed by atoms with van der Waals surface area (Å²) in [6, 6.07) is 4.39. The Balaban J connectivity index is 1.77. The molecule has 0 bridgehead atoms. The van der Waals surface area contributed by atoms with Crippen molar-refractivity contribution in [2.45, 2.75) is 52.0 Å². The van der Waals surface area contributed by atoms with Gasteiger partial charge in [-0.2, -0.15) is 0 Å². The van der Waals surface area contributed by atoms with Crippen LogP contribution in [-0.4, -0.2) is 65.8 Å². The van der Waals surface area contributed by atoms with E-state index in [4.69, 9.17) is 5.73 Å². The van der Waals surface area contributed by atoms with Crippen LogP contribution in [0.5, 0.6) is 0 Å². The van der Waals surface area contributed by atoms with E-state index < -0.39 is 12.1 Å². The van der Waals surface area contributed by atoms with Crippen LogP contribution in [0.4, 0.5) is 10.5 Å². The Kier molecular flexibility index (Phi) is 7.49. The molecule has 2 aliphatic heterocycles. The highest BCUT2D eigenvalue weighted by atomic mass is 16.2. The lowest BCUT2D eigenvalue weighted by molar-refractivity contribution is -0.140. The van der Waals surface area contributed by atoms with Gasteiger partial charge in [0.15, 0.2) is 0 Å². The average Bonchev–Trinajstić information content (AvgIpc) is 3.19. The fourth-order valence-corrected chi connectivity index (χ4v) is 4.04. The Labute approximate surface area is 183 Å². The van der Waals surface area contributed by atoms with Gasteiger partial charge in [-0.25, -0.2) is 9.79 Å². The molecule has 31 heavy (non-hydrogen) atoms. The maximum Gasteiger partial charge on any atom is 0.318 e. The van der Waals surface area contributed by atoms with E-state index in [1.807, 2.05) is 36.9 Å². The van der Waals surface area contributed by atoms with Crippen molar-refractivity contribution in [1.82, 2.24) is 15.1 Å². The number of anilines is 1. The molecule has 0 aromatic heterocycles. The summed E-state index contributed by atoms with van der Waals surface area (Å²) in [7, 11) is 0. The van der Waals surface area contributed by atoms with Crippen LogP contribution < -0.4 is 16.4 Å². The topological polar surface area (TPSA) is 120 Å². The van der Waals surface area contributed by atoms with Crippen LogP contribution in [0.25, 0.3) is 0 Å². The van der Waals surface area contributed by atoms with Gasteiger partial charge >= 0.3 is 6.03 Å². The summed E-state index contributed by atoms with van der Waals surface area (Å²) in [4.78, 5) is 45.2. The molecule has 9 heteroatoms. The first-order valence-corrected chi connectivity index (χ1v) is 10.9. The summed E-state index contributed by atoms with van der Waals surface area (Å²) in [5.41, 5.74) is 8.18. The standard InChI is InChI=1S/C22H32N6O3/c1-15-8-9-17(16(2)13-15)24-22(26-21(23)31)25-18-7-3-4-12-28(20(18)30)14-19(29)27-10-5-6-11-27/h8-9,13,18H,3-7,10-12,14H2,1-2H3,(H4,23,24,25,26,31)/t18-/m0/s1. The fourth-order valence-electron chi connectivity index (χ4n) is 4.04. The third kappa shape index (κ3) is 6.19. The lowest BCUT2D eigenvalue weighted by Gasteiger charge is -2.25. The zero-order chi connectivity index (χ0) is 22.4. The molecule has 1 atom stereocenters. The highest BCUT2D eigenvalue weighted by molar-refractivity contribution is 6.04. The third-order valence-electron chi connectivity index (χ3n) is 5.70. The number of hydrogen-bond acceptors (Lipinski definition) is 4. The Hall–Kier alpha value is -3.10. The highest BCUT2D eigenvalue weighted by Gasteiger charge is 2.30. The molecule has 2 heterocycles. The smallest absolute Gasteiger partial charge is 0.318 e. The van der Waals surface area contributed by atoms with Crippen molar-refractivity contribution < 1.29 is 14.4 Å².